The van der Waals surface area contributed by atoms with E-state index in [1.807, 2.05) is 121 Å². The summed E-state index contributed by atoms with van der Waals surface area (Å²) in [7, 11) is 0. The first kappa shape index (κ1) is 27.1. The summed E-state index contributed by atoms with van der Waals surface area (Å²) in [5, 5.41) is 21.5. The Balaban J connectivity index is 1.24. The van der Waals surface area contributed by atoms with E-state index >= 15 is 0 Å². The Morgan fingerprint density at radius 3 is 1.75 bits per heavy atom. The van der Waals surface area contributed by atoms with E-state index < -0.39 is 0 Å². The lowest BCUT2D eigenvalue weighted by Gasteiger charge is -2.09. The summed E-state index contributed by atoms with van der Waals surface area (Å²) in [5.41, 5.74) is 7.11. The zero-order chi connectivity index (χ0) is 32.2. The number of nitriles is 2. The first-order chi connectivity index (χ1) is 23.7. The lowest BCUT2D eigenvalue weighted by atomic mass is 9.99. The second kappa shape index (κ2) is 10.7. The van der Waals surface area contributed by atoms with Crippen LogP contribution in [0.3, 0.4) is 0 Å². The van der Waals surface area contributed by atoms with Gasteiger partial charge in [0.25, 0.3) is 0 Å². The van der Waals surface area contributed by atoms with Gasteiger partial charge in [0.15, 0.2) is 28.8 Å². The number of hydrogen-bond acceptors (Lipinski definition) is 9. The highest BCUT2D eigenvalue weighted by Gasteiger charge is 2.20. The van der Waals surface area contributed by atoms with Gasteiger partial charge in [0, 0.05) is 32.8 Å². The fraction of sp³-hybridized carbons (Fsp3) is 0. The molecule has 9 heteroatoms. The Labute approximate surface area is 272 Å². The first-order valence-corrected chi connectivity index (χ1v) is 15.0. The quantitative estimate of drug-likeness (QED) is 0.189. The van der Waals surface area contributed by atoms with Gasteiger partial charge in [-0.2, -0.15) is 10.5 Å². The van der Waals surface area contributed by atoms with E-state index in [2.05, 4.69) is 16.0 Å². The lowest BCUT2D eigenvalue weighted by Crippen LogP contribution is -2.00. The average Bonchev–Trinajstić information content (AvgIpc) is 3.72. The van der Waals surface area contributed by atoms with Crippen molar-refractivity contribution < 1.29 is 8.83 Å². The van der Waals surface area contributed by atoms with Gasteiger partial charge in [-0.3, -0.25) is 0 Å². The Morgan fingerprint density at radius 1 is 0.479 bits per heavy atom. The number of benzene rings is 5. The average molecular weight is 618 g/mol. The highest BCUT2D eigenvalue weighted by Crippen LogP contribution is 2.39. The highest BCUT2D eigenvalue weighted by molar-refractivity contribution is 6.13. The number of hydrogen-bond donors (Lipinski definition) is 0. The first-order valence-electron chi connectivity index (χ1n) is 15.0. The Kier molecular flexibility index (Phi) is 6.04. The molecule has 0 spiro atoms. The van der Waals surface area contributed by atoms with Gasteiger partial charge in [-0.05, 0) is 41.5 Å². The number of fused-ring (bicyclic) bond motifs is 6. The SMILES string of the molecule is N#Cc1nc(C#N)c2oc3ccc(-c4ccc5oc6cccc(-c7nc(-c8ccccc8)nc(-c8ccccc8)n7)c6c5c4)cc3c2n1. The third-order valence-corrected chi connectivity index (χ3v) is 8.29. The molecule has 0 saturated heterocycles. The van der Waals surface area contributed by atoms with Crippen LogP contribution in [-0.4, -0.2) is 24.9 Å². The van der Waals surface area contributed by atoms with Crippen molar-refractivity contribution in [2.75, 3.05) is 0 Å². The Morgan fingerprint density at radius 2 is 1.10 bits per heavy atom. The lowest BCUT2D eigenvalue weighted by molar-refractivity contribution is 0.663. The van der Waals surface area contributed by atoms with Gasteiger partial charge in [-0.25, -0.2) is 24.9 Å². The van der Waals surface area contributed by atoms with Crippen molar-refractivity contribution >= 4 is 44.0 Å². The largest absolute Gasteiger partial charge is 0.456 e. The van der Waals surface area contributed by atoms with Crippen molar-refractivity contribution in [1.82, 2.24) is 24.9 Å². The van der Waals surface area contributed by atoms with Gasteiger partial charge in [-0.1, -0.05) is 84.9 Å². The van der Waals surface area contributed by atoms with Crippen LogP contribution in [0.4, 0.5) is 0 Å². The molecular weight excluding hydrogens is 598 g/mol. The van der Waals surface area contributed by atoms with Crippen LogP contribution < -0.4 is 0 Å². The summed E-state index contributed by atoms with van der Waals surface area (Å²) in [4.78, 5) is 23.1. The molecule has 0 unspecified atom stereocenters. The van der Waals surface area contributed by atoms with Gasteiger partial charge in [-0.15, -0.1) is 0 Å². The molecule has 9 aromatic rings. The molecule has 4 heterocycles. The summed E-state index contributed by atoms with van der Waals surface area (Å²) in [5.74, 6) is 1.60. The van der Waals surface area contributed by atoms with E-state index in [0.29, 0.717) is 39.5 Å². The molecule has 4 aromatic heterocycles. The van der Waals surface area contributed by atoms with E-state index in [9.17, 15) is 10.5 Å². The minimum atomic E-state index is -0.0878. The summed E-state index contributed by atoms with van der Waals surface area (Å²) >= 11 is 0. The molecule has 0 amide bonds. The Bertz CT molecular complexity index is 2750. The molecule has 48 heavy (non-hydrogen) atoms. The monoisotopic (exact) mass is 617 g/mol. The van der Waals surface area contributed by atoms with Crippen LogP contribution in [-0.2, 0) is 0 Å². The second-order valence-corrected chi connectivity index (χ2v) is 11.1. The van der Waals surface area contributed by atoms with E-state index in [1.165, 1.54) is 0 Å². The summed E-state index contributed by atoms with van der Waals surface area (Å²) in [6.07, 6.45) is 0. The van der Waals surface area contributed by atoms with Crippen molar-refractivity contribution in [2.45, 2.75) is 0 Å². The van der Waals surface area contributed by atoms with Crippen LogP contribution in [0.2, 0.25) is 0 Å². The standard InChI is InChI=1S/C39H19N7O2/c40-20-29-36-35(43-33(21-41)42-29)28-19-25(15-17-31(28)48-36)24-14-16-30-27(18-24)34-26(12-7-13-32(34)47-30)39-45-37(22-8-3-1-4-9-22)44-38(46-39)23-10-5-2-6-11-23/h1-19H. The van der Waals surface area contributed by atoms with Crippen LogP contribution in [0.1, 0.15) is 11.5 Å². The third kappa shape index (κ3) is 4.35. The molecule has 0 atom stereocenters. The van der Waals surface area contributed by atoms with Crippen molar-refractivity contribution in [1.29, 1.82) is 10.5 Å². The molecule has 9 nitrogen and oxygen atoms in total. The van der Waals surface area contributed by atoms with Gasteiger partial charge >= 0.3 is 0 Å². The molecule has 0 aliphatic heterocycles. The maximum Gasteiger partial charge on any atom is 0.234 e. The molecule has 9 rings (SSSR count). The molecule has 0 aliphatic carbocycles. The van der Waals surface area contributed by atoms with Gasteiger partial charge in [0.05, 0.1) is 0 Å². The molecular formula is C39H19N7O2. The molecule has 0 N–H and O–H groups in total. The molecule has 0 saturated carbocycles. The number of rotatable bonds is 4. The van der Waals surface area contributed by atoms with Gasteiger partial charge in [0.1, 0.15) is 34.4 Å². The van der Waals surface area contributed by atoms with Crippen molar-refractivity contribution in [3.05, 3.63) is 127 Å². The van der Waals surface area contributed by atoms with Gasteiger partial charge < -0.3 is 8.83 Å². The van der Waals surface area contributed by atoms with E-state index in [-0.39, 0.29) is 17.1 Å². The van der Waals surface area contributed by atoms with E-state index in [4.69, 9.17) is 23.8 Å². The molecule has 0 radical (unpaired) electrons. The minimum Gasteiger partial charge on any atom is -0.456 e. The van der Waals surface area contributed by atoms with E-state index in [1.54, 1.807) is 0 Å². The topological polar surface area (TPSA) is 138 Å². The van der Waals surface area contributed by atoms with Crippen LogP contribution in [0, 0.1) is 22.7 Å². The van der Waals surface area contributed by atoms with Crippen LogP contribution in [0.5, 0.6) is 0 Å². The minimum absolute atomic E-state index is 0.0253. The normalized spacial score (nSPS) is 11.3. The maximum atomic E-state index is 9.60. The zero-order valence-electron chi connectivity index (χ0n) is 24.9. The zero-order valence-corrected chi connectivity index (χ0v) is 24.9. The third-order valence-electron chi connectivity index (χ3n) is 8.29. The predicted octanol–water partition coefficient (Wildman–Crippen LogP) is 8.87. The van der Waals surface area contributed by atoms with Crippen LogP contribution in [0.25, 0.3) is 89.3 Å². The van der Waals surface area contributed by atoms with Crippen molar-refractivity contribution in [2.24, 2.45) is 0 Å². The van der Waals surface area contributed by atoms with Crippen LogP contribution in [0.15, 0.2) is 124 Å². The molecule has 0 bridgehead atoms. The Hall–Kier alpha value is -7.23. The maximum absolute atomic E-state index is 9.60. The van der Waals surface area contributed by atoms with Crippen molar-refractivity contribution in [3.63, 3.8) is 0 Å². The highest BCUT2D eigenvalue weighted by atomic mass is 16.3. The number of furan rings is 2. The molecule has 0 fully saturated rings. The number of nitrogens with zero attached hydrogens (tertiary/aromatic N) is 7. The van der Waals surface area contributed by atoms with Crippen molar-refractivity contribution in [3.8, 4) is 57.4 Å². The second-order valence-electron chi connectivity index (χ2n) is 11.1. The van der Waals surface area contributed by atoms with Gasteiger partial charge in [0.2, 0.25) is 5.82 Å². The molecule has 5 aromatic carbocycles. The summed E-state index contributed by atoms with van der Waals surface area (Å²) in [6.45, 7) is 0. The fourth-order valence-electron chi connectivity index (χ4n) is 6.07. The fourth-order valence-corrected chi connectivity index (χ4v) is 6.07. The predicted molar refractivity (Wildman–Crippen MR) is 181 cm³/mol. The molecule has 0 aliphatic rings. The van der Waals surface area contributed by atoms with E-state index in [0.717, 1.165) is 44.2 Å². The summed E-state index contributed by atoms with van der Waals surface area (Å²) in [6, 6.07) is 41.4. The summed E-state index contributed by atoms with van der Waals surface area (Å²) < 4.78 is 12.3. The van der Waals surface area contributed by atoms with Crippen LogP contribution >= 0.6 is 0 Å². The smallest absolute Gasteiger partial charge is 0.234 e. The number of aromatic nitrogens is 5. The molecule has 222 valence electrons.